The minimum absolute atomic E-state index is 0.158. The summed E-state index contributed by atoms with van der Waals surface area (Å²) in [6.07, 6.45) is 2.28. The minimum Gasteiger partial charge on any atom is -0.371 e. The summed E-state index contributed by atoms with van der Waals surface area (Å²) in [6.45, 7) is 2.18. The molecule has 1 fully saturated rings. The van der Waals surface area contributed by atoms with Gasteiger partial charge in [0.15, 0.2) is 0 Å². The Morgan fingerprint density at radius 1 is 1.15 bits per heavy atom. The van der Waals surface area contributed by atoms with Gasteiger partial charge in [0, 0.05) is 25.3 Å². The molecule has 27 heavy (non-hydrogen) atoms. The van der Waals surface area contributed by atoms with Crippen molar-refractivity contribution in [2.45, 2.75) is 24.3 Å². The first kappa shape index (κ1) is 19.3. The molecule has 2 aromatic rings. The van der Waals surface area contributed by atoms with Crippen molar-refractivity contribution >= 4 is 21.6 Å². The number of halogens is 1. The number of rotatable bonds is 6. The van der Waals surface area contributed by atoms with E-state index in [9.17, 15) is 17.6 Å². The summed E-state index contributed by atoms with van der Waals surface area (Å²) in [6, 6.07) is 10.9. The molecule has 0 bridgehead atoms. The molecule has 0 radical (unpaired) electrons. The van der Waals surface area contributed by atoms with Gasteiger partial charge in [0.25, 0.3) is 5.91 Å². The fourth-order valence-electron chi connectivity index (χ4n) is 3.16. The Morgan fingerprint density at radius 3 is 2.56 bits per heavy atom. The lowest BCUT2D eigenvalue weighted by Gasteiger charge is -2.21. The van der Waals surface area contributed by atoms with E-state index in [0.717, 1.165) is 55.4 Å². The average molecular weight is 391 g/mol. The van der Waals surface area contributed by atoms with E-state index in [2.05, 4.69) is 14.9 Å². The molecule has 1 aliphatic rings. The first-order valence-electron chi connectivity index (χ1n) is 8.76. The van der Waals surface area contributed by atoms with E-state index < -0.39 is 21.7 Å². The zero-order chi connectivity index (χ0) is 19.4. The summed E-state index contributed by atoms with van der Waals surface area (Å²) in [5.41, 5.74) is 1.69. The number of carbonyl (C=O) groups excluding carboxylic acids is 1. The highest BCUT2D eigenvalue weighted by Crippen LogP contribution is 2.24. The van der Waals surface area contributed by atoms with E-state index in [4.69, 9.17) is 0 Å². The van der Waals surface area contributed by atoms with Gasteiger partial charge in [-0.3, -0.25) is 4.79 Å². The topological polar surface area (TPSA) is 78.5 Å². The smallest absolute Gasteiger partial charge is 0.254 e. The maximum absolute atomic E-state index is 14.1. The van der Waals surface area contributed by atoms with Gasteiger partial charge in [0.2, 0.25) is 10.0 Å². The highest BCUT2D eigenvalue weighted by molar-refractivity contribution is 7.89. The Balaban J connectivity index is 1.78. The Hall–Kier alpha value is -2.45. The van der Waals surface area contributed by atoms with Gasteiger partial charge in [0.1, 0.15) is 5.82 Å². The van der Waals surface area contributed by atoms with Gasteiger partial charge in [-0.25, -0.2) is 17.5 Å². The molecule has 3 rings (SSSR count). The van der Waals surface area contributed by atoms with Gasteiger partial charge in [0.05, 0.1) is 10.5 Å². The third-order valence-electron chi connectivity index (χ3n) is 4.64. The number of hydrogen-bond donors (Lipinski definition) is 2. The van der Waals surface area contributed by atoms with E-state index in [0.29, 0.717) is 0 Å². The molecular weight excluding hydrogens is 369 g/mol. The SMILES string of the molecule is CNS(=O)(=O)c1ccc(F)c(C(=O)NCc2ccccc2N2CCCC2)c1. The highest BCUT2D eigenvalue weighted by atomic mass is 32.2. The number of benzene rings is 2. The van der Waals surface area contributed by atoms with Crippen LogP contribution in [0.3, 0.4) is 0 Å². The lowest BCUT2D eigenvalue weighted by molar-refractivity contribution is 0.0946. The summed E-state index contributed by atoms with van der Waals surface area (Å²) in [5.74, 6) is -1.42. The van der Waals surface area contributed by atoms with Gasteiger partial charge < -0.3 is 10.2 Å². The van der Waals surface area contributed by atoms with Crippen LogP contribution in [0.4, 0.5) is 10.1 Å². The maximum Gasteiger partial charge on any atom is 0.254 e. The first-order chi connectivity index (χ1) is 12.9. The van der Waals surface area contributed by atoms with Crippen LogP contribution in [0.5, 0.6) is 0 Å². The van der Waals surface area contributed by atoms with Crippen molar-refractivity contribution < 1.29 is 17.6 Å². The summed E-state index contributed by atoms with van der Waals surface area (Å²) in [5, 5.41) is 2.70. The Kier molecular flexibility index (Phi) is 5.76. The highest BCUT2D eigenvalue weighted by Gasteiger charge is 2.19. The largest absolute Gasteiger partial charge is 0.371 e. The van der Waals surface area contributed by atoms with Crippen LogP contribution in [0.15, 0.2) is 47.4 Å². The summed E-state index contributed by atoms with van der Waals surface area (Å²) in [7, 11) is -2.50. The molecule has 6 nitrogen and oxygen atoms in total. The van der Waals surface area contributed by atoms with Crippen molar-refractivity contribution in [2.24, 2.45) is 0 Å². The van der Waals surface area contributed by atoms with E-state index in [-0.39, 0.29) is 17.0 Å². The van der Waals surface area contributed by atoms with Gasteiger partial charge in [-0.1, -0.05) is 18.2 Å². The fourth-order valence-corrected chi connectivity index (χ4v) is 3.92. The van der Waals surface area contributed by atoms with Crippen LogP contribution in [0, 0.1) is 5.82 Å². The monoisotopic (exact) mass is 391 g/mol. The van der Waals surface area contributed by atoms with Crippen molar-refractivity contribution in [1.82, 2.24) is 10.0 Å². The average Bonchev–Trinajstić information content (AvgIpc) is 3.21. The van der Waals surface area contributed by atoms with Gasteiger partial charge in [-0.15, -0.1) is 0 Å². The molecule has 2 N–H and O–H groups in total. The van der Waals surface area contributed by atoms with Crippen LogP contribution in [-0.2, 0) is 16.6 Å². The third-order valence-corrected chi connectivity index (χ3v) is 6.05. The van der Waals surface area contributed by atoms with E-state index in [1.54, 1.807) is 0 Å². The van der Waals surface area contributed by atoms with Crippen molar-refractivity contribution in [2.75, 3.05) is 25.0 Å². The maximum atomic E-state index is 14.1. The van der Waals surface area contributed by atoms with E-state index in [1.807, 2.05) is 24.3 Å². The summed E-state index contributed by atoms with van der Waals surface area (Å²) in [4.78, 5) is 14.6. The number of anilines is 1. The molecule has 0 aliphatic carbocycles. The quantitative estimate of drug-likeness (QED) is 0.792. The van der Waals surface area contributed by atoms with E-state index in [1.165, 1.54) is 7.05 Å². The number of amides is 1. The van der Waals surface area contributed by atoms with Crippen molar-refractivity contribution in [3.63, 3.8) is 0 Å². The molecule has 0 saturated carbocycles. The summed E-state index contributed by atoms with van der Waals surface area (Å²) >= 11 is 0. The van der Waals surface area contributed by atoms with Gasteiger partial charge >= 0.3 is 0 Å². The predicted molar refractivity (Wildman–Crippen MR) is 102 cm³/mol. The molecular formula is C19H22FN3O3S. The van der Waals surface area contributed by atoms with Crippen LogP contribution >= 0.6 is 0 Å². The molecule has 0 atom stereocenters. The molecule has 8 heteroatoms. The molecule has 0 spiro atoms. The lowest BCUT2D eigenvalue weighted by Crippen LogP contribution is -2.27. The number of carbonyl (C=O) groups is 1. The van der Waals surface area contributed by atoms with Gasteiger partial charge in [-0.2, -0.15) is 0 Å². The zero-order valence-corrected chi connectivity index (χ0v) is 15.9. The Bertz CT molecular complexity index is 941. The normalized spacial score (nSPS) is 14.4. The molecule has 2 aromatic carbocycles. The van der Waals surface area contributed by atoms with Crippen molar-refractivity contribution in [1.29, 1.82) is 0 Å². The zero-order valence-electron chi connectivity index (χ0n) is 15.0. The minimum atomic E-state index is -3.76. The molecule has 1 heterocycles. The van der Waals surface area contributed by atoms with Crippen LogP contribution in [0.2, 0.25) is 0 Å². The number of sulfonamides is 1. The number of nitrogens with zero attached hydrogens (tertiary/aromatic N) is 1. The van der Waals surface area contributed by atoms with Crippen LogP contribution in [0.1, 0.15) is 28.8 Å². The predicted octanol–water partition coefficient (Wildman–Crippen LogP) is 2.26. The Labute approximate surface area is 158 Å². The number of para-hydroxylation sites is 1. The second kappa shape index (κ2) is 8.06. The fraction of sp³-hybridized carbons (Fsp3) is 0.316. The third kappa shape index (κ3) is 4.28. The summed E-state index contributed by atoms with van der Waals surface area (Å²) < 4.78 is 40.0. The second-order valence-electron chi connectivity index (χ2n) is 6.35. The van der Waals surface area contributed by atoms with Gasteiger partial charge in [-0.05, 0) is 49.7 Å². The molecule has 1 amide bonds. The van der Waals surface area contributed by atoms with Crippen LogP contribution in [0.25, 0.3) is 0 Å². The molecule has 0 unspecified atom stereocenters. The molecule has 1 aliphatic heterocycles. The number of nitrogens with one attached hydrogen (secondary N) is 2. The molecule has 0 aromatic heterocycles. The molecule has 1 saturated heterocycles. The number of hydrogen-bond acceptors (Lipinski definition) is 4. The second-order valence-corrected chi connectivity index (χ2v) is 8.24. The van der Waals surface area contributed by atoms with Crippen molar-refractivity contribution in [3.05, 3.63) is 59.4 Å². The van der Waals surface area contributed by atoms with Crippen LogP contribution in [-0.4, -0.2) is 34.5 Å². The van der Waals surface area contributed by atoms with E-state index >= 15 is 0 Å². The first-order valence-corrected chi connectivity index (χ1v) is 10.2. The standard InChI is InChI=1S/C19H22FN3O3S/c1-21-27(25,26)15-8-9-17(20)16(12-15)19(24)22-13-14-6-2-3-7-18(14)23-10-4-5-11-23/h2-3,6-9,12,21H,4-5,10-11,13H2,1H3,(H,22,24). The van der Waals surface area contributed by atoms with Crippen molar-refractivity contribution in [3.8, 4) is 0 Å². The Morgan fingerprint density at radius 2 is 1.85 bits per heavy atom. The molecule has 144 valence electrons. The van der Waals surface area contributed by atoms with Crippen LogP contribution < -0.4 is 14.9 Å². The lowest BCUT2D eigenvalue weighted by atomic mass is 10.1.